The van der Waals surface area contributed by atoms with Crippen LogP contribution in [0.5, 0.6) is 5.75 Å². The lowest BCUT2D eigenvalue weighted by Crippen LogP contribution is -2.40. The van der Waals surface area contributed by atoms with Gasteiger partial charge >= 0.3 is 5.97 Å². The van der Waals surface area contributed by atoms with Crippen molar-refractivity contribution in [3.63, 3.8) is 0 Å². The minimum Gasteiger partial charge on any atom is -0.495 e. The van der Waals surface area contributed by atoms with E-state index in [1.807, 2.05) is 30.3 Å². The van der Waals surface area contributed by atoms with Crippen molar-refractivity contribution in [2.75, 3.05) is 20.3 Å². The van der Waals surface area contributed by atoms with Crippen molar-refractivity contribution in [2.24, 2.45) is 0 Å². The van der Waals surface area contributed by atoms with E-state index in [9.17, 15) is 18.0 Å². The number of carbonyl (C=O) groups excluding carboxylic acids is 2. The van der Waals surface area contributed by atoms with Crippen molar-refractivity contribution in [3.05, 3.63) is 59.7 Å². The fraction of sp³-hybridized carbons (Fsp3) is 0.391. The van der Waals surface area contributed by atoms with Crippen molar-refractivity contribution < 1.29 is 27.5 Å². The SMILES string of the molecule is COc1ccc(C(=O)OCC(=O)NCCCc2ccccc2)cc1S(=O)(=O)NC(C)(C)C. The van der Waals surface area contributed by atoms with Crippen LogP contribution >= 0.6 is 0 Å². The Morgan fingerprint density at radius 3 is 2.34 bits per heavy atom. The van der Waals surface area contributed by atoms with Gasteiger partial charge in [0.05, 0.1) is 12.7 Å². The first-order valence-corrected chi connectivity index (χ1v) is 11.7. The zero-order chi connectivity index (χ0) is 23.8. The molecule has 0 unspecified atom stereocenters. The number of ether oxygens (including phenoxy) is 2. The third-order valence-corrected chi connectivity index (χ3v) is 6.05. The highest BCUT2D eigenvalue weighted by Gasteiger charge is 2.26. The predicted molar refractivity (Wildman–Crippen MR) is 121 cm³/mol. The van der Waals surface area contributed by atoms with E-state index in [0.717, 1.165) is 12.8 Å². The number of esters is 1. The van der Waals surface area contributed by atoms with Crippen LogP contribution in [-0.4, -0.2) is 46.1 Å². The Kier molecular flexibility index (Phi) is 8.80. The van der Waals surface area contributed by atoms with Gasteiger partial charge in [0.25, 0.3) is 5.91 Å². The Hall–Kier alpha value is -2.91. The molecule has 0 atom stereocenters. The quantitative estimate of drug-likeness (QED) is 0.415. The lowest BCUT2D eigenvalue weighted by Gasteiger charge is -2.21. The average molecular weight is 463 g/mol. The molecule has 174 valence electrons. The summed E-state index contributed by atoms with van der Waals surface area (Å²) in [5.74, 6) is -1.14. The van der Waals surface area contributed by atoms with Gasteiger partial charge in [-0.1, -0.05) is 30.3 Å². The maximum absolute atomic E-state index is 12.7. The number of aryl methyl sites for hydroxylation is 1. The van der Waals surface area contributed by atoms with Gasteiger partial charge < -0.3 is 14.8 Å². The summed E-state index contributed by atoms with van der Waals surface area (Å²) in [7, 11) is -2.61. The third-order valence-electron chi connectivity index (χ3n) is 4.27. The molecular weight excluding hydrogens is 432 g/mol. The zero-order valence-electron chi connectivity index (χ0n) is 18.8. The molecule has 2 aromatic carbocycles. The van der Waals surface area contributed by atoms with Crippen molar-refractivity contribution >= 4 is 21.9 Å². The molecule has 0 spiro atoms. The number of rotatable bonds is 10. The minimum atomic E-state index is -3.95. The summed E-state index contributed by atoms with van der Waals surface area (Å²) in [5.41, 5.74) is 0.454. The molecule has 0 aliphatic rings. The molecule has 2 rings (SSSR count). The fourth-order valence-electron chi connectivity index (χ4n) is 2.90. The number of hydrogen-bond acceptors (Lipinski definition) is 6. The number of methoxy groups -OCH3 is 1. The third kappa shape index (κ3) is 7.97. The maximum atomic E-state index is 12.7. The summed E-state index contributed by atoms with van der Waals surface area (Å²) >= 11 is 0. The summed E-state index contributed by atoms with van der Waals surface area (Å²) in [6, 6.07) is 13.8. The summed E-state index contributed by atoms with van der Waals surface area (Å²) in [6.07, 6.45) is 1.58. The van der Waals surface area contributed by atoms with E-state index >= 15 is 0 Å². The van der Waals surface area contributed by atoms with Crippen LogP contribution in [0, 0.1) is 0 Å². The first-order chi connectivity index (χ1) is 15.0. The first-order valence-electron chi connectivity index (χ1n) is 10.2. The van der Waals surface area contributed by atoms with Gasteiger partial charge in [-0.25, -0.2) is 17.9 Å². The smallest absolute Gasteiger partial charge is 0.338 e. The molecule has 0 aliphatic heterocycles. The second-order valence-electron chi connectivity index (χ2n) is 8.24. The van der Waals surface area contributed by atoms with Gasteiger partial charge in [-0.05, 0) is 57.4 Å². The second kappa shape index (κ2) is 11.1. The van der Waals surface area contributed by atoms with Crippen LogP contribution < -0.4 is 14.8 Å². The number of amides is 1. The first kappa shape index (κ1) is 25.4. The molecule has 8 nitrogen and oxygen atoms in total. The molecule has 0 heterocycles. The largest absolute Gasteiger partial charge is 0.495 e. The molecular formula is C23H30N2O6S. The molecule has 0 radical (unpaired) electrons. The molecule has 2 N–H and O–H groups in total. The molecule has 0 bridgehead atoms. The molecule has 0 saturated carbocycles. The van der Waals surface area contributed by atoms with E-state index in [-0.39, 0.29) is 16.2 Å². The van der Waals surface area contributed by atoms with Crippen LogP contribution in [0.15, 0.2) is 53.4 Å². The van der Waals surface area contributed by atoms with E-state index in [2.05, 4.69) is 10.0 Å². The number of hydrogen-bond donors (Lipinski definition) is 2. The minimum absolute atomic E-state index is 0.00281. The highest BCUT2D eigenvalue weighted by Crippen LogP contribution is 2.26. The summed E-state index contributed by atoms with van der Waals surface area (Å²) in [6.45, 7) is 5.10. The molecule has 0 aliphatic carbocycles. The Balaban J connectivity index is 1.93. The average Bonchev–Trinajstić information content (AvgIpc) is 2.73. The molecule has 0 fully saturated rings. The molecule has 9 heteroatoms. The molecule has 2 aromatic rings. The lowest BCUT2D eigenvalue weighted by molar-refractivity contribution is -0.124. The highest BCUT2D eigenvalue weighted by molar-refractivity contribution is 7.89. The second-order valence-corrected chi connectivity index (χ2v) is 9.89. The van der Waals surface area contributed by atoms with Crippen LogP contribution in [0.3, 0.4) is 0 Å². The van der Waals surface area contributed by atoms with Crippen LogP contribution in [0.25, 0.3) is 0 Å². The number of carbonyl (C=O) groups is 2. The van der Waals surface area contributed by atoms with Crippen LogP contribution in [-0.2, 0) is 26.0 Å². The van der Waals surface area contributed by atoms with Crippen LogP contribution in [0.1, 0.15) is 43.1 Å². The summed E-state index contributed by atoms with van der Waals surface area (Å²) in [5, 5.41) is 2.70. The summed E-state index contributed by atoms with van der Waals surface area (Å²) < 4.78 is 38.1. The fourth-order valence-corrected chi connectivity index (χ4v) is 4.52. The number of nitrogens with one attached hydrogen (secondary N) is 2. The van der Waals surface area contributed by atoms with Crippen LogP contribution in [0.4, 0.5) is 0 Å². The van der Waals surface area contributed by atoms with E-state index < -0.39 is 34.0 Å². The van der Waals surface area contributed by atoms with Gasteiger partial charge in [-0.2, -0.15) is 0 Å². The maximum Gasteiger partial charge on any atom is 0.338 e. The van der Waals surface area contributed by atoms with Gasteiger partial charge in [0.1, 0.15) is 10.6 Å². The predicted octanol–water partition coefficient (Wildman–Crippen LogP) is 2.68. The Morgan fingerprint density at radius 1 is 1.03 bits per heavy atom. The van der Waals surface area contributed by atoms with E-state index in [1.165, 1.54) is 30.9 Å². The molecule has 32 heavy (non-hydrogen) atoms. The standard InChI is InChI=1S/C23H30N2O6S/c1-23(2,3)25-32(28,29)20-15-18(12-13-19(20)30-4)22(27)31-16-21(26)24-14-8-11-17-9-6-5-7-10-17/h5-7,9-10,12-13,15,25H,8,11,14,16H2,1-4H3,(H,24,26). The van der Waals surface area contributed by atoms with Gasteiger partial charge in [-0.15, -0.1) is 0 Å². The van der Waals surface area contributed by atoms with E-state index in [1.54, 1.807) is 20.8 Å². The lowest BCUT2D eigenvalue weighted by atomic mass is 10.1. The van der Waals surface area contributed by atoms with Crippen LogP contribution in [0.2, 0.25) is 0 Å². The van der Waals surface area contributed by atoms with Crippen molar-refractivity contribution in [1.29, 1.82) is 0 Å². The van der Waals surface area contributed by atoms with Gasteiger partial charge in [0.15, 0.2) is 6.61 Å². The number of sulfonamides is 1. The molecule has 1 amide bonds. The topological polar surface area (TPSA) is 111 Å². The summed E-state index contributed by atoms with van der Waals surface area (Å²) in [4.78, 5) is 24.1. The molecule has 0 aromatic heterocycles. The number of benzene rings is 2. The van der Waals surface area contributed by atoms with E-state index in [0.29, 0.717) is 6.54 Å². The monoisotopic (exact) mass is 462 g/mol. The Labute approximate surface area is 189 Å². The zero-order valence-corrected chi connectivity index (χ0v) is 19.6. The van der Waals surface area contributed by atoms with E-state index in [4.69, 9.17) is 9.47 Å². The van der Waals surface area contributed by atoms with Gasteiger partial charge in [-0.3, -0.25) is 4.79 Å². The van der Waals surface area contributed by atoms with Crippen molar-refractivity contribution in [3.8, 4) is 5.75 Å². The van der Waals surface area contributed by atoms with Crippen molar-refractivity contribution in [2.45, 2.75) is 44.0 Å². The van der Waals surface area contributed by atoms with Gasteiger partial charge in [0.2, 0.25) is 10.0 Å². The van der Waals surface area contributed by atoms with Crippen molar-refractivity contribution in [1.82, 2.24) is 10.0 Å². The Bertz CT molecular complexity index is 1030. The van der Waals surface area contributed by atoms with Gasteiger partial charge in [0, 0.05) is 12.1 Å². The Morgan fingerprint density at radius 2 is 1.72 bits per heavy atom. The highest BCUT2D eigenvalue weighted by atomic mass is 32.2. The normalized spacial score (nSPS) is 11.6. The molecule has 0 saturated heterocycles.